The lowest BCUT2D eigenvalue weighted by atomic mass is 9.98. The first-order valence-electron chi connectivity index (χ1n) is 10.1. The van der Waals surface area contributed by atoms with Gasteiger partial charge in [0.15, 0.2) is 0 Å². The minimum absolute atomic E-state index is 0.0670. The van der Waals surface area contributed by atoms with Gasteiger partial charge in [-0.25, -0.2) is 24.4 Å². The van der Waals surface area contributed by atoms with E-state index in [4.69, 9.17) is 9.88 Å². The monoisotopic (exact) mass is 432 g/mol. The van der Waals surface area contributed by atoms with E-state index in [0.29, 0.717) is 12.2 Å². The molecule has 0 unspecified atom stereocenters. The quantitative estimate of drug-likeness (QED) is 0.439. The van der Waals surface area contributed by atoms with Gasteiger partial charge in [-0.15, -0.1) is 0 Å². The fourth-order valence-electron chi connectivity index (χ4n) is 3.94. The van der Waals surface area contributed by atoms with Gasteiger partial charge in [-0.1, -0.05) is 30.7 Å². The predicted octanol–water partition coefficient (Wildman–Crippen LogP) is 0.981. The van der Waals surface area contributed by atoms with Gasteiger partial charge in [-0.2, -0.15) is 11.1 Å². The maximum absolute atomic E-state index is 12.2. The van der Waals surface area contributed by atoms with Crippen LogP contribution in [0.25, 0.3) is 11.1 Å². The van der Waals surface area contributed by atoms with Crippen LogP contribution in [-0.2, 0) is 10.0 Å². The topological polar surface area (TPSA) is 121 Å². The van der Waals surface area contributed by atoms with Crippen molar-refractivity contribution in [3.05, 3.63) is 48.0 Å². The highest BCUT2D eigenvalue weighted by Crippen LogP contribution is 2.33. The number of nitrogens with zero attached hydrogens (tertiary/aromatic N) is 1. The molecule has 162 valence electrons. The third-order valence-electron chi connectivity index (χ3n) is 5.45. The van der Waals surface area contributed by atoms with Gasteiger partial charge < -0.3 is 4.74 Å². The molecular weight excluding hydrogens is 404 g/mol. The molecule has 0 amide bonds. The Kier molecular flexibility index (Phi) is 6.64. The summed E-state index contributed by atoms with van der Waals surface area (Å²) in [6.45, 7) is 3.89. The number of rotatable bonds is 7. The molecule has 2 saturated heterocycles. The zero-order chi connectivity index (χ0) is 21.0. The highest BCUT2D eigenvalue weighted by molar-refractivity contribution is 7.89. The molecule has 2 fully saturated rings. The van der Waals surface area contributed by atoms with Crippen LogP contribution in [0.2, 0.25) is 0 Å². The third kappa shape index (κ3) is 4.98. The number of primary sulfonamides is 1. The number of hydrogen-bond donors (Lipinski definition) is 5. The molecule has 0 atom stereocenters. The molecule has 2 aromatic carbocycles. The first-order valence-corrected chi connectivity index (χ1v) is 11.7. The zero-order valence-corrected chi connectivity index (χ0v) is 17.5. The molecule has 9 nitrogen and oxygen atoms in total. The average molecular weight is 433 g/mol. The van der Waals surface area contributed by atoms with Gasteiger partial charge in [-0.3, -0.25) is 4.90 Å². The van der Waals surface area contributed by atoms with E-state index < -0.39 is 16.2 Å². The van der Waals surface area contributed by atoms with Gasteiger partial charge in [0.1, 0.15) is 18.5 Å². The van der Waals surface area contributed by atoms with Crippen LogP contribution < -0.4 is 31.8 Å². The second-order valence-corrected chi connectivity index (χ2v) is 9.04. The van der Waals surface area contributed by atoms with Crippen molar-refractivity contribution in [2.24, 2.45) is 5.14 Å². The Morgan fingerprint density at radius 3 is 2.37 bits per heavy atom. The summed E-state index contributed by atoms with van der Waals surface area (Å²) in [7, 11) is -3.90. The molecule has 2 heterocycles. The fourth-order valence-corrected chi connectivity index (χ4v) is 4.75. The van der Waals surface area contributed by atoms with E-state index in [1.54, 1.807) is 6.07 Å². The molecule has 10 heteroatoms. The minimum Gasteiger partial charge on any atom is -0.492 e. The summed E-state index contributed by atoms with van der Waals surface area (Å²) in [4.78, 5) is 2.50. The van der Waals surface area contributed by atoms with Gasteiger partial charge in [0, 0.05) is 12.1 Å². The van der Waals surface area contributed by atoms with E-state index in [-0.39, 0.29) is 4.90 Å². The van der Waals surface area contributed by atoms with Crippen molar-refractivity contribution in [3.63, 3.8) is 0 Å². The van der Waals surface area contributed by atoms with E-state index in [1.165, 1.54) is 25.3 Å². The minimum atomic E-state index is -3.90. The number of ether oxygens (including phenoxy) is 1. The maximum Gasteiger partial charge on any atom is 0.238 e. The number of nitrogens with two attached hydrogens (primary N) is 1. The summed E-state index contributed by atoms with van der Waals surface area (Å²) >= 11 is 0. The largest absolute Gasteiger partial charge is 0.492 e. The summed E-state index contributed by atoms with van der Waals surface area (Å²) in [6, 6.07) is 12.7. The van der Waals surface area contributed by atoms with Crippen LogP contribution in [0.15, 0.2) is 47.4 Å². The van der Waals surface area contributed by atoms with Gasteiger partial charge in [0.05, 0.1) is 4.90 Å². The Morgan fingerprint density at radius 2 is 1.70 bits per heavy atom. The number of likely N-dealkylation sites (tertiary alicyclic amines) is 1. The smallest absolute Gasteiger partial charge is 0.238 e. The molecule has 0 aromatic heterocycles. The SMILES string of the molecule is NS(=O)(=O)c1cccc(-c2ccc(OCCN3CCCCC3)cc2)c1C1NNNN1. The number of hydrogen-bond acceptors (Lipinski definition) is 8. The zero-order valence-electron chi connectivity index (χ0n) is 16.7. The summed E-state index contributed by atoms with van der Waals surface area (Å²) in [6.07, 6.45) is 3.38. The highest BCUT2D eigenvalue weighted by Gasteiger charge is 2.26. The molecule has 0 bridgehead atoms. The molecule has 6 N–H and O–H groups in total. The summed E-state index contributed by atoms with van der Waals surface area (Å²) in [5.74, 6) is 0.792. The predicted molar refractivity (Wildman–Crippen MR) is 114 cm³/mol. The molecule has 2 aliphatic rings. The molecule has 0 saturated carbocycles. The molecular formula is C20H28N6O3S. The van der Waals surface area contributed by atoms with Crippen LogP contribution >= 0.6 is 0 Å². The van der Waals surface area contributed by atoms with Crippen LogP contribution in [0.4, 0.5) is 0 Å². The number of sulfonamides is 1. The van der Waals surface area contributed by atoms with Crippen molar-refractivity contribution in [1.82, 2.24) is 26.8 Å². The van der Waals surface area contributed by atoms with Crippen molar-refractivity contribution >= 4 is 10.0 Å². The average Bonchev–Trinajstić information content (AvgIpc) is 3.28. The third-order valence-corrected chi connectivity index (χ3v) is 6.42. The second-order valence-electron chi connectivity index (χ2n) is 7.51. The standard InChI is InChI=1S/C20H28N6O3S/c21-30(27,28)18-6-4-5-17(19(18)20-22-24-25-23-20)15-7-9-16(10-8-15)29-14-13-26-11-2-1-3-12-26/h4-10,20,22-25H,1-3,11-14H2,(H2,21,27,28). The lowest BCUT2D eigenvalue weighted by molar-refractivity contribution is 0.183. The molecule has 4 rings (SSSR count). The first-order chi connectivity index (χ1) is 14.5. The normalized spacial score (nSPS) is 18.6. The number of benzene rings is 2. The lowest BCUT2D eigenvalue weighted by Gasteiger charge is -2.26. The van der Waals surface area contributed by atoms with Crippen molar-refractivity contribution in [2.75, 3.05) is 26.2 Å². The molecule has 0 spiro atoms. The number of nitrogens with one attached hydrogen (secondary N) is 4. The second kappa shape index (κ2) is 9.40. The van der Waals surface area contributed by atoms with Crippen molar-refractivity contribution in [1.29, 1.82) is 0 Å². The van der Waals surface area contributed by atoms with Crippen LogP contribution in [0.3, 0.4) is 0 Å². The highest BCUT2D eigenvalue weighted by atomic mass is 32.2. The van der Waals surface area contributed by atoms with E-state index in [2.05, 4.69) is 26.8 Å². The van der Waals surface area contributed by atoms with Gasteiger partial charge in [-0.05, 0) is 55.3 Å². The lowest BCUT2D eigenvalue weighted by Crippen LogP contribution is -2.33. The van der Waals surface area contributed by atoms with E-state index >= 15 is 0 Å². The molecule has 2 aromatic rings. The van der Waals surface area contributed by atoms with Crippen LogP contribution in [0, 0.1) is 0 Å². The Hall–Kier alpha value is -2.05. The van der Waals surface area contributed by atoms with Gasteiger partial charge in [0.2, 0.25) is 10.0 Å². The first kappa shape index (κ1) is 21.2. The fraction of sp³-hybridized carbons (Fsp3) is 0.400. The Morgan fingerprint density at radius 1 is 1.00 bits per heavy atom. The van der Waals surface area contributed by atoms with Crippen molar-refractivity contribution in [3.8, 4) is 16.9 Å². The van der Waals surface area contributed by atoms with Crippen LogP contribution in [0.5, 0.6) is 5.75 Å². The van der Waals surface area contributed by atoms with Crippen molar-refractivity contribution < 1.29 is 13.2 Å². The number of hydrazine groups is 3. The number of piperidine rings is 1. The molecule has 0 aliphatic carbocycles. The van der Waals surface area contributed by atoms with E-state index in [0.717, 1.165) is 36.5 Å². The Labute approximate surface area is 176 Å². The molecule has 0 radical (unpaired) electrons. The Bertz CT molecular complexity index is 955. The van der Waals surface area contributed by atoms with Gasteiger partial charge in [0.25, 0.3) is 0 Å². The maximum atomic E-state index is 12.2. The van der Waals surface area contributed by atoms with E-state index in [1.807, 2.05) is 30.3 Å². The van der Waals surface area contributed by atoms with Crippen molar-refractivity contribution in [2.45, 2.75) is 30.3 Å². The van der Waals surface area contributed by atoms with E-state index in [9.17, 15) is 8.42 Å². The summed E-state index contributed by atoms with van der Waals surface area (Å²) < 4.78 is 30.2. The Balaban J connectivity index is 1.52. The van der Waals surface area contributed by atoms with Crippen LogP contribution in [0.1, 0.15) is 31.0 Å². The van der Waals surface area contributed by atoms with Crippen LogP contribution in [-0.4, -0.2) is 39.6 Å². The summed E-state index contributed by atoms with van der Waals surface area (Å²) in [5, 5.41) is 5.46. The van der Waals surface area contributed by atoms with Gasteiger partial charge >= 0.3 is 0 Å². The molecule has 30 heavy (non-hydrogen) atoms. The summed E-state index contributed by atoms with van der Waals surface area (Å²) in [5.41, 5.74) is 13.5. The molecule has 2 aliphatic heterocycles.